The quantitative estimate of drug-likeness (QED) is 0.707. The first-order valence-corrected chi connectivity index (χ1v) is 5.63. The molecule has 0 N–H and O–H groups in total. The summed E-state index contributed by atoms with van der Waals surface area (Å²) in [6, 6.07) is 6.89. The van der Waals surface area contributed by atoms with Gasteiger partial charge in [-0.3, -0.25) is 0 Å². The van der Waals surface area contributed by atoms with Gasteiger partial charge in [0.25, 0.3) is 0 Å². The molecule has 1 aromatic heterocycles. The van der Waals surface area contributed by atoms with Crippen molar-refractivity contribution in [1.29, 1.82) is 0 Å². The molecule has 2 rings (SSSR count). The number of rotatable bonds is 5. The molecule has 2 aromatic rings. The third-order valence-corrected chi connectivity index (χ3v) is 2.63. The largest absolute Gasteiger partial charge is 0.382 e. The van der Waals surface area contributed by atoms with E-state index in [0.29, 0.717) is 0 Å². The minimum Gasteiger partial charge on any atom is -0.382 e. The van der Waals surface area contributed by atoms with Crippen LogP contribution in [0.4, 0.5) is 4.39 Å². The van der Waals surface area contributed by atoms with Crippen molar-refractivity contribution >= 4 is 10.9 Å². The Balaban J connectivity index is 2.09. The summed E-state index contributed by atoms with van der Waals surface area (Å²) in [5.41, 5.74) is 0.955. The van der Waals surface area contributed by atoms with Crippen LogP contribution in [-0.2, 0) is 11.3 Å². The maximum Gasteiger partial charge on any atom is 0.125 e. The maximum atomic E-state index is 13.1. The van der Waals surface area contributed by atoms with Gasteiger partial charge in [0.1, 0.15) is 5.82 Å². The molecule has 1 heterocycles. The van der Waals surface area contributed by atoms with Gasteiger partial charge in [-0.25, -0.2) is 4.39 Å². The van der Waals surface area contributed by atoms with E-state index in [1.165, 1.54) is 6.07 Å². The van der Waals surface area contributed by atoms with Crippen molar-refractivity contribution in [2.24, 2.45) is 0 Å². The molecule has 0 saturated heterocycles. The van der Waals surface area contributed by atoms with Gasteiger partial charge in [0.05, 0.1) is 5.52 Å². The fourth-order valence-corrected chi connectivity index (χ4v) is 1.83. The first-order valence-electron chi connectivity index (χ1n) is 5.63. The molecule has 0 fully saturated rings. The zero-order chi connectivity index (χ0) is 11.4. The van der Waals surface area contributed by atoms with E-state index >= 15 is 0 Å². The van der Waals surface area contributed by atoms with Gasteiger partial charge in [0.15, 0.2) is 0 Å². The van der Waals surface area contributed by atoms with Crippen LogP contribution < -0.4 is 0 Å². The second kappa shape index (κ2) is 5.12. The highest BCUT2D eigenvalue weighted by Gasteiger charge is 2.01. The van der Waals surface area contributed by atoms with E-state index in [1.54, 1.807) is 6.07 Å². The number of aryl methyl sites for hydroxylation is 1. The van der Waals surface area contributed by atoms with Crippen molar-refractivity contribution in [2.45, 2.75) is 19.9 Å². The summed E-state index contributed by atoms with van der Waals surface area (Å²) in [6.07, 6.45) is 2.95. The molecule has 0 atom stereocenters. The van der Waals surface area contributed by atoms with Crippen molar-refractivity contribution in [3.05, 3.63) is 36.3 Å². The van der Waals surface area contributed by atoms with Gasteiger partial charge in [-0.05, 0) is 43.0 Å². The zero-order valence-electron chi connectivity index (χ0n) is 9.45. The van der Waals surface area contributed by atoms with Gasteiger partial charge in [-0.1, -0.05) is 0 Å². The molecule has 0 aliphatic carbocycles. The normalized spacial score (nSPS) is 11.1. The molecule has 0 aliphatic rings. The fraction of sp³-hybridized carbons (Fsp3) is 0.385. The van der Waals surface area contributed by atoms with Crippen LogP contribution in [-0.4, -0.2) is 17.8 Å². The summed E-state index contributed by atoms with van der Waals surface area (Å²) >= 11 is 0. The predicted molar refractivity (Wildman–Crippen MR) is 63.0 cm³/mol. The zero-order valence-corrected chi connectivity index (χ0v) is 9.45. The van der Waals surface area contributed by atoms with Crippen molar-refractivity contribution in [3.8, 4) is 0 Å². The van der Waals surface area contributed by atoms with Crippen LogP contribution in [0.1, 0.15) is 13.3 Å². The minimum atomic E-state index is -0.183. The van der Waals surface area contributed by atoms with Crippen molar-refractivity contribution in [1.82, 2.24) is 4.57 Å². The lowest BCUT2D eigenvalue weighted by Crippen LogP contribution is -2.01. The molecule has 16 heavy (non-hydrogen) atoms. The van der Waals surface area contributed by atoms with E-state index in [-0.39, 0.29) is 5.82 Å². The Bertz CT molecular complexity index is 464. The van der Waals surface area contributed by atoms with Crippen LogP contribution in [0.5, 0.6) is 0 Å². The van der Waals surface area contributed by atoms with Crippen LogP contribution in [0.3, 0.4) is 0 Å². The molecule has 0 spiro atoms. The van der Waals surface area contributed by atoms with E-state index < -0.39 is 0 Å². The van der Waals surface area contributed by atoms with Crippen molar-refractivity contribution < 1.29 is 9.13 Å². The highest BCUT2D eigenvalue weighted by Crippen LogP contribution is 2.17. The fourth-order valence-electron chi connectivity index (χ4n) is 1.83. The highest BCUT2D eigenvalue weighted by molar-refractivity contribution is 5.80. The SMILES string of the molecule is CCOCCCn1ccc2ccc(F)cc21. The number of aromatic nitrogens is 1. The molecule has 0 saturated carbocycles. The summed E-state index contributed by atoms with van der Waals surface area (Å²) in [4.78, 5) is 0. The molecule has 0 bridgehead atoms. The standard InChI is InChI=1S/C13H16FNO/c1-2-16-9-3-7-15-8-6-11-4-5-12(14)10-13(11)15/h4-6,8,10H,2-3,7,9H2,1H3. The van der Waals surface area contributed by atoms with Crippen LogP contribution in [0.2, 0.25) is 0 Å². The molecular weight excluding hydrogens is 205 g/mol. The van der Waals surface area contributed by atoms with E-state index in [9.17, 15) is 4.39 Å². The van der Waals surface area contributed by atoms with E-state index in [1.807, 2.05) is 25.3 Å². The van der Waals surface area contributed by atoms with Crippen LogP contribution >= 0.6 is 0 Å². The van der Waals surface area contributed by atoms with Gasteiger partial charge in [0.2, 0.25) is 0 Å². The van der Waals surface area contributed by atoms with Gasteiger partial charge >= 0.3 is 0 Å². The lowest BCUT2D eigenvalue weighted by molar-refractivity contribution is 0.142. The summed E-state index contributed by atoms with van der Waals surface area (Å²) in [7, 11) is 0. The van der Waals surface area contributed by atoms with E-state index in [0.717, 1.165) is 37.1 Å². The molecule has 86 valence electrons. The van der Waals surface area contributed by atoms with Crippen LogP contribution in [0.25, 0.3) is 10.9 Å². The van der Waals surface area contributed by atoms with Gasteiger partial charge in [0, 0.05) is 26.0 Å². The number of hydrogen-bond acceptors (Lipinski definition) is 1. The summed E-state index contributed by atoms with van der Waals surface area (Å²) in [6.45, 7) is 4.36. The Kier molecular flexibility index (Phi) is 3.57. The molecule has 3 heteroatoms. The summed E-state index contributed by atoms with van der Waals surface area (Å²) in [5.74, 6) is -0.183. The third-order valence-electron chi connectivity index (χ3n) is 2.63. The highest BCUT2D eigenvalue weighted by atomic mass is 19.1. The molecule has 1 aromatic carbocycles. The van der Waals surface area contributed by atoms with E-state index in [2.05, 4.69) is 4.57 Å². The number of halogens is 1. The molecular formula is C13H16FNO. The lowest BCUT2D eigenvalue weighted by atomic mass is 10.2. The minimum absolute atomic E-state index is 0.183. The second-order valence-electron chi connectivity index (χ2n) is 3.76. The smallest absolute Gasteiger partial charge is 0.125 e. The van der Waals surface area contributed by atoms with E-state index in [4.69, 9.17) is 4.74 Å². The summed E-state index contributed by atoms with van der Waals surface area (Å²) < 4.78 is 20.4. The Hall–Kier alpha value is -1.35. The maximum absolute atomic E-state index is 13.1. The second-order valence-corrected chi connectivity index (χ2v) is 3.76. The predicted octanol–water partition coefficient (Wildman–Crippen LogP) is 3.21. The van der Waals surface area contributed by atoms with Crippen LogP contribution in [0.15, 0.2) is 30.5 Å². The first kappa shape index (κ1) is 11.1. The number of nitrogens with zero attached hydrogens (tertiary/aromatic N) is 1. The average Bonchev–Trinajstić information content (AvgIpc) is 2.67. The number of hydrogen-bond donors (Lipinski definition) is 0. The Morgan fingerprint density at radius 3 is 3.00 bits per heavy atom. The van der Waals surface area contributed by atoms with Crippen LogP contribution in [0, 0.1) is 5.82 Å². The Labute approximate surface area is 94.6 Å². The average molecular weight is 221 g/mol. The Morgan fingerprint density at radius 1 is 1.31 bits per heavy atom. The van der Waals surface area contributed by atoms with Gasteiger partial charge < -0.3 is 9.30 Å². The molecule has 2 nitrogen and oxygen atoms in total. The number of fused-ring (bicyclic) bond motifs is 1. The molecule has 0 aliphatic heterocycles. The first-order chi connectivity index (χ1) is 7.81. The molecule has 0 radical (unpaired) electrons. The Morgan fingerprint density at radius 2 is 2.19 bits per heavy atom. The monoisotopic (exact) mass is 221 g/mol. The molecule has 0 unspecified atom stereocenters. The topological polar surface area (TPSA) is 14.2 Å². The van der Waals surface area contributed by atoms with Gasteiger partial charge in [-0.15, -0.1) is 0 Å². The number of benzene rings is 1. The van der Waals surface area contributed by atoms with Crippen molar-refractivity contribution in [2.75, 3.05) is 13.2 Å². The third kappa shape index (κ3) is 2.42. The lowest BCUT2D eigenvalue weighted by Gasteiger charge is -2.05. The summed E-state index contributed by atoms with van der Waals surface area (Å²) in [5, 5.41) is 1.08. The van der Waals surface area contributed by atoms with Gasteiger partial charge in [-0.2, -0.15) is 0 Å². The molecule has 0 amide bonds. The van der Waals surface area contributed by atoms with Crippen molar-refractivity contribution in [3.63, 3.8) is 0 Å². The number of ether oxygens (including phenoxy) is 1.